The van der Waals surface area contributed by atoms with Gasteiger partial charge in [-0.1, -0.05) is 24.3 Å². The summed E-state index contributed by atoms with van der Waals surface area (Å²) in [6.45, 7) is 3.34. The monoisotopic (exact) mass is 230 g/mol. The molecular weight excluding hydrogens is 208 g/mol. The van der Waals surface area contributed by atoms with Crippen molar-refractivity contribution in [2.45, 2.75) is 31.7 Å². The summed E-state index contributed by atoms with van der Waals surface area (Å²) in [5, 5.41) is 0. The zero-order valence-corrected chi connectivity index (χ0v) is 10.4. The Kier molecular flexibility index (Phi) is 3.17. The van der Waals surface area contributed by atoms with E-state index in [-0.39, 0.29) is 0 Å². The molecule has 1 aliphatic carbocycles. The van der Waals surface area contributed by atoms with Crippen LogP contribution in [0.2, 0.25) is 0 Å². The lowest BCUT2D eigenvalue weighted by molar-refractivity contribution is 0.134. The van der Waals surface area contributed by atoms with E-state index in [1.807, 2.05) is 0 Å². The van der Waals surface area contributed by atoms with Crippen LogP contribution < -0.4 is 5.73 Å². The van der Waals surface area contributed by atoms with Crippen molar-refractivity contribution >= 4 is 0 Å². The zero-order chi connectivity index (χ0) is 11.7. The van der Waals surface area contributed by atoms with Crippen LogP contribution in [0.4, 0.5) is 0 Å². The van der Waals surface area contributed by atoms with Gasteiger partial charge in [0.15, 0.2) is 0 Å². The average Bonchev–Trinajstić information content (AvgIpc) is 2.83. The van der Waals surface area contributed by atoms with E-state index in [0.29, 0.717) is 6.04 Å². The summed E-state index contributed by atoms with van der Waals surface area (Å²) >= 11 is 0. The number of likely N-dealkylation sites (tertiary alicyclic amines) is 1. The van der Waals surface area contributed by atoms with Crippen LogP contribution in [0, 0.1) is 5.92 Å². The number of benzene rings is 1. The van der Waals surface area contributed by atoms with Crippen LogP contribution in [-0.4, -0.2) is 24.5 Å². The highest BCUT2D eigenvalue weighted by atomic mass is 15.2. The first-order valence-electron chi connectivity index (χ1n) is 6.90. The molecular formula is C15H22N2. The molecule has 1 fully saturated rings. The lowest BCUT2D eigenvalue weighted by atomic mass is 9.95. The second-order valence-corrected chi connectivity index (χ2v) is 5.47. The van der Waals surface area contributed by atoms with Crippen molar-refractivity contribution < 1.29 is 0 Å². The van der Waals surface area contributed by atoms with Crippen molar-refractivity contribution in [3.05, 3.63) is 35.4 Å². The molecule has 0 saturated carbocycles. The van der Waals surface area contributed by atoms with E-state index in [2.05, 4.69) is 29.2 Å². The van der Waals surface area contributed by atoms with Crippen LogP contribution in [0.1, 0.15) is 36.4 Å². The standard InChI is InChI=1S/C15H22N2/c16-11-12-7-9-17(10-8-12)15-6-5-13-3-1-2-4-14(13)15/h1-4,12,15H,5-11,16H2. The van der Waals surface area contributed by atoms with E-state index < -0.39 is 0 Å². The predicted octanol–water partition coefficient (Wildman–Crippen LogP) is 2.34. The Labute approximate surface area is 104 Å². The molecule has 2 N–H and O–H groups in total. The second kappa shape index (κ2) is 4.79. The molecule has 0 spiro atoms. The number of piperidine rings is 1. The second-order valence-electron chi connectivity index (χ2n) is 5.47. The van der Waals surface area contributed by atoms with Crippen LogP contribution in [0.15, 0.2) is 24.3 Å². The van der Waals surface area contributed by atoms with Crippen LogP contribution >= 0.6 is 0 Å². The fourth-order valence-corrected chi connectivity index (χ4v) is 3.41. The Morgan fingerprint density at radius 2 is 1.88 bits per heavy atom. The molecule has 1 heterocycles. The average molecular weight is 230 g/mol. The summed E-state index contributed by atoms with van der Waals surface area (Å²) in [7, 11) is 0. The third-order valence-corrected chi connectivity index (χ3v) is 4.52. The van der Waals surface area contributed by atoms with Gasteiger partial charge < -0.3 is 5.73 Å². The smallest absolute Gasteiger partial charge is 0.0354 e. The molecule has 1 atom stereocenters. The highest BCUT2D eigenvalue weighted by molar-refractivity contribution is 5.34. The Morgan fingerprint density at radius 1 is 1.12 bits per heavy atom. The summed E-state index contributed by atoms with van der Waals surface area (Å²) in [5.74, 6) is 0.767. The number of rotatable bonds is 2. The molecule has 2 aliphatic rings. The van der Waals surface area contributed by atoms with Crippen molar-refractivity contribution in [1.82, 2.24) is 4.90 Å². The summed E-state index contributed by atoms with van der Waals surface area (Å²) in [6.07, 6.45) is 5.15. The minimum absolute atomic E-state index is 0.685. The van der Waals surface area contributed by atoms with E-state index >= 15 is 0 Å². The molecule has 17 heavy (non-hydrogen) atoms. The molecule has 1 aromatic rings. The van der Waals surface area contributed by atoms with Crippen LogP contribution in [0.3, 0.4) is 0 Å². The Bertz CT molecular complexity index is 380. The number of aryl methyl sites for hydroxylation is 1. The van der Waals surface area contributed by atoms with Gasteiger partial charge in [0.2, 0.25) is 0 Å². The summed E-state index contributed by atoms with van der Waals surface area (Å²) in [5.41, 5.74) is 8.91. The third-order valence-electron chi connectivity index (χ3n) is 4.52. The van der Waals surface area contributed by atoms with E-state index in [9.17, 15) is 0 Å². The van der Waals surface area contributed by atoms with Crippen LogP contribution in [0.5, 0.6) is 0 Å². The molecule has 1 aliphatic heterocycles. The van der Waals surface area contributed by atoms with Gasteiger partial charge in [0.1, 0.15) is 0 Å². The summed E-state index contributed by atoms with van der Waals surface area (Å²) in [4.78, 5) is 2.68. The zero-order valence-electron chi connectivity index (χ0n) is 10.4. The minimum atomic E-state index is 0.685. The van der Waals surface area contributed by atoms with Gasteiger partial charge >= 0.3 is 0 Å². The van der Waals surface area contributed by atoms with Crippen molar-refractivity contribution in [2.24, 2.45) is 11.7 Å². The first kappa shape index (κ1) is 11.2. The molecule has 0 amide bonds. The highest BCUT2D eigenvalue weighted by Gasteiger charge is 2.29. The maximum absolute atomic E-state index is 5.76. The molecule has 1 aromatic carbocycles. The van der Waals surface area contributed by atoms with Gasteiger partial charge in [0.05, 0.1) is 0 Å². The number of nitrogens with two attached hydrogens (primary N) is 1. The first-order chi connectivity index (χ1) is 8.38. The molecule has 0 aromatic heterocycles. The molecule has 1 saturated heterocycles. The summed E-state index contributed by atoms with van der Waals surface area (Å²) < 4.78 is 0. The van der Waals surface area contributed by atoms with Crippen molar-refractivity contribution in [1.29, 1.82) is 0 Å². The van der Waals surface area contributed by atoms with E-state index in [1.54, 1.807) is 11.1 Å². The minimum Gasteiger partial charge on any atom is -0.330 e. The third kappa shape index (κ3) is 2.12. The molecule has 0 bridgehead atoms. The molecule has 2 heteroatoms. The molecule has 3 rings (SSSR count). The van der Waals surface area contributed by atoms with E-state index in [1.165, 1.54) is 38.8 Å². The topological polar surface area (TPSA) is 29.3 Å². The number of hydrogen-bond acceptors (Lipinski definition) is 2. The predicted molar refractivity (Wildman–Crippen MR) is 70.9 cm³/mol. The lowest BCUT2D eigenvalue weighted by Gasteiger charge is -2.36. The largest absolute Gasteiger partial charge is 0.330 e. The van der Waals surface area contributed by atoms with Crippen molar-refractivity contribution in [3.63, 3.8) is 0 Å². The van der Waals surface area contributed by atoms with Gasteiger partial charge in [0.25, 0.3) is 0 Å². The molecule has 0 radical (unpaired) electrons. The van der Waals surface area contributed by atoms with Crippen molar-refractivity contribution in [3.8, 4) is 0 Å². The van der Waals surface area contributed by atoms with Gasteiger partial charge in [-0.05, 0) is 62.4 Å². The SMILES string of the molecule is NCC1CCN(C2CCc3ccccc32)CC1. The quantitative estimate of drug-likeness (QED) is 0.845. The molecule has 1 unspecified atom stereocenters. The van der Waals surface area contributed by atoms with Gasteiger partial charge in [-0.3, -0.25) is 4.90 Å². The highest BCUT2D eigenvalue weighted by Crippen LogP contribution is 2.37. The fraction of sp³-hybridized carbons (Fsp3) is 0.600. The maximum atomic E-state index is 5.76. The number of fused-ring (bicyclic) bond motifs is 1. The van der Waals surface area contributed by atoms with Gasteiger partial charge in [-0.2, -0.15) is 0 Å². The maximum Gasteiger partial charge on any atom is 0.0354 e. The van der Waals surface area contributed by atoms with Gasteiger partial charge in [0, 0.05) is 6.04 Å². The Balaban J connectivity index is 1.71. The normalized spacial score (nSPS) is 26.1. The first-order valence-corrected chi connectivity index (χ1v) is 6.90. The van der Waals surface area contributed by atoms with E-state index in [4.69, 9.17) is 5.73 Å². The van der Waals surface area contributed by atoms with Gasteiger partial charge in [-0.25, -0.2) is 0 Å². The van der Waals surface area contributed by atoms with Crippen molar-refractivity contribution in [2.75, 3.05) is 19.6 Å². The van der Waals surface area contributed by atoms with Crippen LogP contribution in [-0.2, 0) is 6.42 Å². The summed E-state index contributed by atoms with van der Waals surface area (Å²) in [6, 6.07) is 9.65. The van der Waals surface area contributed by atoms with E-state index in [0.717, 1.165) is 12.5 Å². The number of nitrogens with zero attached hydrogens (tertiary/aromatic N) is 1. The Hall–Kier alpha value is -0.860. The lowest BCUT2D eigenvalue weighted by Crippen LogP contribution is -2.37. The van der Waals surface area contributed by atoms with Crippen LogP contribution in [0.25, 0.3) is 0 Å². The Morgan fingerprint density at radius 3 is 2.65 bits per heavy atom. The number of hydrogen-bond donors (Lipinski definition) is 1. The molecule has 2 nitrogen and oxygen atoms in total. The fourth-order valence-electron chi connectivity index (χ4n) is 3.41. The molecule has 92 valence electrons. The van der Waals surface area contributed by atoms with Gasteiger partial charge in [-0.15, -0.1) is 0 Å².